The highest BCUT2D eigenvalue weighted by Crippen LogP contribution is 2.23. The van der Waals surface area contributed by atoms with Gasteiger partial charge in [-0.05, 0) is 29.8 Å². The summed E-state index contributed by atoms with van der Waals surface area (Å²) in [5.74, 6) is -0.452. The molecule has 2 N–H and O–H groups in total. The Hall–Kier alpha value is -1.82. The number of aromatic nitrogens is 1. The Labute approximate surface area is 137 Å². The number of amides is 1. The Morgan fingerprint density at radius 1 is 1.27 bits per heavy atom. The first-order chi connectivity index (χ1) is 10.4. The average molecular weight is 341 g/mol. The van der Waals surface area contributed by atoms with E-state index in [9.17, 15) is 14.7 Å². The van der Waals surface area contributed by atoms with E-state index in [1.165, 1.54) is 29.8 Å². The van der Waals surface area contributed by atoms with Gasteiger partial charge in [0.05, 0.1) is 6.10 Å². The SMILES string of the molecule is Cn1c(C(=O)NCC(O)c2cc(Cl)cc(Cl)c2)cccc1=O. The van der Waals surface area contributed by atoms with E-state index >= 15 is 0 Å². The number of nitrogens with one attached hydrogen (secondary N) is 1. The van der Waals surface area contributed by atoms with Gasteiger partial charge >= 0.3 is 0 Å². The number of carbonyl (C=O) groups excluding carboxylic acids is 1. The lowest BCUT2D eigenvalue weighted by atomic mass is 10.1. The van der Waals surface area contributed by atoms with Gasteiger partial charge in [-0.15, -0.1) is 0 Å². The van der Waals surface area contributed by atoms with Gasteiger partial charge in [0.25, 0.3) is 11.5 Å². The van der Waals surface area contributed by atoms with Crippen molar-refractivity contribution in [2.45, 2.75) is 6.10 Å². The zero-order chi connectivity index (χ0) is 16.3. The number of hydrogen-bond donors (Lipinski definition) is 2. The molecule has 0 radical (unpaired) electrons. The molecule has 1 aromatic heterocycles. The fourth-order valence-electron chi connectivity index (χ4n) is 1.96. The molecule has 1 atom stereocenters. The summed E-state index contributed by atoms with van der Waals surface area (Å²) in [5.41, 5.74) is 0.429. The first kappa shape index (κ1) is 16.5. The molecule has 1 amide bonds. The molecule has 116 valence electrons. The van der Waals surface area contributed by atoms with Crippen LogP contribution in [0.1, 0.15) is 22.2 Å². The number of pyridine rings is 1. The van der Waals surface area contributed by atoms with Crippen LogP contribution in [0.2, 0.25) is 10.0 Å². The summed E-state index contributed by atoms with van der Waals surface area (Å²) >= 11 is 11.7. The van der Waals surface area contributed by atoms with Crippen LogP contribution in [0.4, 0.5) is 0 Å². The molecule has 0 bridgehead atoms. The van der Waals surface area contributed by atoms with Gasteiger partial charge in [0, 0.05) is 29.7 Å². The van der Waals surface area contributed by atoms with Crippen LogP contribution in [0.3, 0.4) is 0 Å². The Kier molecular flexibility index (Phi) is 5.24. The molecular weight excluding hydrogens is 327 g/mol. The fraction of sp³-hybridized carbons (Fsp3) is 0.200. The number of halogens is 2. The lowest BCUT2D eigenvalue weighted by Crippen LogP contribution is -2.33. The van der Waals surface area contributed by atoms with Crippen LogP contribution in [0.5, 0.6) is 0 Å². The second kappa shape index (κ2) is 6.96. The smallest absolute Gasteiger partial charge is 0.268 e. The van der Waals surface area contributed by atoms with Crippen molar-refractivity contribution in [3.63, 3.8) is 0 Å². The fourth-order valence-corrected chi connectivity index (χ4v) is 2.50. The third kappa shape index (κ3) is 3.88. The highest BCUT2D eigenvalue weighted by atomic mass is 35.5. The predicted octanol–water partition coefficient (Wildman–Crippen LogP) is 2.16. The van der Waals surface area contributed by atoms with E-state index in [0.29, 0.717) is 15.6 Å². The molecule has 7 heteroatoms. The monoisotopic (exact) mass is 340 g/mol. The molecule has 1 aromatic carbocycles. The number of aliphatic hydroxyl groups is 1. The minimum absolute atomic E-state index is 0.0292. The van der Waals surface area contributed by atoms with Crippen molar-refractivity contribution in [2.24, 2.45) is 7.05 Å². The molecule has 0 aliphatic rings. The number of aliphatic hydroxyl groups excluding tert-OH is 1. The molecule has 1 heterocycles. The second-order valence-corrected chi connectivity index (χ2v) is 5.61. The number of benzene rings is 1. The van der Waals surface area contributed by atoms with Gasteiger partial charge in [-0.1, -0.05) is 29.3 Å². The lowest BCUT2D eigenvalue weighted by molar-refractivity contribution is 0.0907. The lowest BCUT2D eigenvalue weighted by Gasteiger charge is -2.14. The van der Waals surface area contributed by atoms with Gasteiger partial charge in [-0.25, -0.2) is 0 Å². The Balaban J connectivity index is 2.07. The van der Waals surface area contributed by atoms with Crippen LogP contribution in [0, 0.1) is 0 Å². The summed E-state index contributed by atoms with van der Waals surface area (Å²) in [6.07, 6.45) is -0.958. The van der Waals surface area contributed by atoms with Crippen LogP contribution in [0.25, 0.3) is 0 Å². The van der Waals surface area contributed by atoms with Crippen LogP contribution >= 0.6 is 23.2 Å². The van der Waals surface area contributed by atoms with Gasteiger partial charge < -0.3 is 15.0 Å². The average Bonchev–Trinajstić information content (AvgIpc) is 2.46. The molecular formula is C15H14Cl2N2O3. The van der Waals surface area contributed by atoms with Crippen LogP contribution in [-0.2, 0) is 7.05 Å². The maximum absolute atomic E-state index is 12.1. The molecule has 2 rings (SSSR count). The van der Waals surface area contributed by atoms with Gasteiger partial charge in [0.15, 0.2) is 0 Å². The van der Waals surface area contributed by atoms with Crippen LogP contribution < -0.4 is 10.9 Å². The summed E-state index contributed by atoms with van der Waals surface area (Å²) in [6.45, 7) is -0.0292. The highest BCUT2D eigenvalue weighted by molar-refractivity contribution is 6.34. The van der Waals surface area contributed by atoms with E-state index in [1.54, 1.807) is 18.2 Å². The predicted molar refractivity (Wildman–Crippen MR) is 85.4 cm³/mol. The van der Waals surface area contributed by atoms with Crippen molar-refractivity contribution < 1.29 is 9.90 Å². The van der Waals surface area contributed by atoms with E-state index < -0.39 is 12.0 Å². The third-order valence-corrected chi connectivity index (χ3v) is 3.58. The topological polar surface area (TPSA) is 71.3 Å². The molecule has 1 unspecified atom stereocenters. The summed E-state index contributed by atoms with van der Waals surface area (Å²) in [7, 11) is 1.50. The number of carbonyl (C=O) groups is 1. The van der Waals surface area contributed by atoms with E-state index in [-0.39, 0.29) is 17.8 Å². The Morgan fingerprint density at radius 2 is 1.91 bits per heavy atom. The zero-order valence-corrected chi connectivity index (χ0v) is 13.2. The Bertz CT molecular complexity index is 738. The minimum Gasteiger partial charge on any atom is -0.387 e. The normalized spacial score (nSPS) is 12.0. The van der Waals surface area contributed by atoms with E-state index in [2.05, 4.69) is 5.32 Å². The molecule has 0 saturated heterocycles. The van der Waals surface area contributed by atoms with E-state index in [0.717, 1.165) is 0 Å². The molecule has 0 aliphatic heterocycles. The largest absolute Gasteiger partial charge is 0.387 e. The summed E-state index contributed by atoms with van der Waals surface area (Å²) in [4.78, 5) is 23.5. The van der Waals surface area contributed by atoms with Crippen molar-refractivity contribution in [2.75, 3.05) is 6.54 Å². The third-order valence-electron chi connectivity index (χ3n) is 3.14. The zero-order valence-electron chi connectivity index (χ0n) is 11.7. The first-order valence-corrected chi connectivity index (χ1v) is 7.22. The number of nitrogens with zero attached hydrogens (tertiary/aromatic N) is 1. The molecule has 22 heavy (non-hydrogen) atoms. The molecule has 0 spiro atoms. The van der Waals surface area contributed by atoms with Crippen molar-refractivity contribution in [1.29, 1.82) is 0 Å². The molecule has 0 fully saturated rings. The highest BCUT2D eigenvalue weighted by Gasteiger charge is 2.14. The summed E-state index contributed by atoms with van der Waals surface area (Å²) in [5, 5.41) is 13.5. The van der Waals surface area contributed by atoms with E-state index in [1.807, 2.05) is 0 Å². The number of hydrogen-bond acceptors (Lipinski definition) is 3. The van der Waals surface area contributed by atoms with Crippen molar-refractivity contribution in [3.8, 4) is 0 Å². The van der Waals surface area contributed by atoms with Crippen molar-refractivity contribution in [3.05, 3.63) is 68.1 Å². The summed E-state index contributed by atoms with van der Waals surface area (Å²) < 4.78 is 1.23. The summed E-state index contributed by atoms with van der Waals surface area (Å²) in [6, 6.07) is 9.09. The van der Waals surface area contributed by atoms with Crippen LogP contribution in [0.15, 0.2) is 41.2 Å². The molecule has 5 nitrogen and oxygen atoms in total. The van der Waals surface area contributed by atoms with E-state index in [4.69, 9.17) is 23.2 Å². The van der Waals surface area contributed by atoms with Crippen molar-refractivity contribution in [1.82, 2.24) is 9.88 Å². The maximum Gasteiger partial charge on any atom is 0.268 e. The second-order valence-electron chi connectivity index (χ2n) is 4.74. The Morgan fingerprint density at radius 3 is 2.55 bits per heavy atom. The van der Waals surface area contributed by atoms with Gasteiger partial charge in [0.1, 0.15) is 5.69 Å². The quantitative estimate of drug-likeness (QED) is 0.895. The molecule has 2 aromatic rings. The van der Waals surface area contributed by atoms with Crippen molar-refractivity contribution >= 4 is 29.1 Å². The van der Waals surface area contributed by atoms with Crippen LogP contribution in [-0.4, -0.2) is 22.1 Å². The minimum atomic E-state index is -0.958. The van der Waals surface area contributed by atoms with Gasteiger partial charge in [-0.3, -0.25) is 9.59 Å². The molecule has 0 aliphatic carbocycles. The molecule has 0 saturated carbocycles. The maximum atomic E-state index is 12.1. The number of rotatable bonds is 4. The van der Waals surface area contributed by atoms with Gasteiger partial charge in [-0.2, -0.15) is 0 Å². The standard InChI is InChI=1S/C15H14Cl2N2O3/c1-19-12(3-2-4-14(19)21)15(22)18-8-13(20)9-5-10(16)7-11(17)6-9/h2-7,13,20H,8H2,1H3,(H,18,22). The first-order valence-electron chi connectivity index (χ1n) is 6.47. The van der Waals surface area contributed by atoms with Gasteiger partial charge in [0.2, 0.25) is 0 Å².